The Morgan fingerprint density at radius 1 is 1.40 bits per heavy atom. The smallest absolute Gasteiger partial charge is 0.193 e. The number of nitrogens with one attached hydrogen (secondary N) is 2. The number of para-hydroxylation sites is 1. The Morgan fingerprint density at radius 2 is 2.24 bits per heavy atom. The summed E-state index contributed by atoms with van der Waals surface area (Å²) in [6.45, 7) is 8.91. The number of benzene rings is 1. The summed E-state index contributed by atoms with van der Waals surface area (Å²) in [5, 5.41) is 4.77. The molecule has 0 bridgehead atoms. The molecule has 136 valence electrons. The van der Waals surface area contributed by atoms with E-state index in [4.69, 9.17) is 9.73 Å². The van der Waals surface area contributed by atoms with Gasteiger partial charge in [0.1, 0.15) is 0 Å². The minimum absolute atomic E-state index is 0.615. The van der Waals surface area contributed by atoms with Gasteiger partial charge in [-0.25, -0.2) is 0 Å². The van der Waals surface area contributed by atoms with Gasteiger partial charge >= 0.3 is 0 Å². The van der Waals surface area contributed by atoms with Crippen LogP contribution in [0, 0.1) is 12.8 Å². The molecule has 2 heterocycles. The van der Waals surface area contributed by atoms with Crippen LogP contribution in [0.4, 0.5) is 0 Å². The van der Waals surface area contributed by atoms with Gasteiger partial charge in [-0.05, 0) is 38.3 Å². The molecule has 1 aliphatic rings. The average molecular weight is 342 g/mol. The quantitative estimate of drug-likeness (QED) is 0.627. The molecule has 5 nitrogen and oxygen atoms in total. The Balaban J connectivity index is 1.66. The van der Waals surface area contributed by atoms with Crippen molar-refractivity contribution in [2.75, 3.05) is 39.9 Å². The molecule has 2 aromatic rings. The van der Waals surface area contributed by atoms with Gasteiger partial charge in [0.2, 0.25) is 0 Å². The number of ether oxygens (including phenoxy) is 1. The third-order valence-electron chi connectivity index (χ3n) is 4.97. The van der Waals surface area contributed by atoms with Crippen LogP contribution >= 0.6 is 0 Å². The van der Waals surface area contributed by atoms with Crippen LogP contribution in [0.15, 0.2) is 29.3 Å². The van der Waals surface area contributed by atoms with Gasteiger partial charge in [-0.2, -0.15) is 0 Å². The Kier molecular flexibility index (Phi) is 5.97. The number of fused-ring (bicyclic) bond motifs is 1. The Morgan fingerprint density at radius 3 is 3.04 bits per heavy atom. The Labute approximate surface area is 150 Å². The molecule has 1 fully saturated rings. The summed E-state index contributed by atoms with van der Waals surface area (Å²) in [6.07, 6.45) is 2.14. The van der Waals surface area contributed by atoms with Crippen molar-refractivity contribution in [2.24, 2.45) is 10.9 Å². The minimum Gasteiger partial charge on any atom is -0.384 e. The topological polar surface area (TPSA) is 52.7 Å². The van der Waals surface area contributed by atoms with Crippen LogP contribution in [0.1, 0.15) is 24.6 Å². The van der Waals surface area contributed by atoms with Crippen molar-refractivity contribution >= 4 is 16.9 Å². The van der Waals surface area contributed by atoms with Crippen molar-refractivity contribution in [3.8, 4) is 0 Å². The molecule has 0 spiro atoms. The third-order valence-corrected chi connectivity index (χ3v) is 4.97. The van der Waals surface area contributed by atoms with Crippen LogP contribution in [0.25, 0.3) is 10.9 Å². The summed E-state index contributed by atoms with van der Waals surface area (Å²) >= 11 is 0. The molecule has 1 aromatic heterocycles. The third kappa shape index (κ3) is 4.15. The average Bonchev–Trinajstić information content (AvgIpc) is 3.19. The second-order valence-electron chi connectivity index (χ2n) is 6.82. The molecule has 25 heavy (non-hydrogen) atoms. The molecule has 3 rings (SSSR count). The SMILES string of the molecule is CCNC(=NCCc1c(C)[nH]c2ccccc12)N1CCC(COC)C1. The molecule has 1 unspecified atom stereocenters. The molecule has 1 atom stereocenters. The molecule has 1 saturated heterocycles. The van der Waals surface area contributed by atoms with Gasteiger partial charge in [0.25, 0.3) is 0 Å². The number of aliphatic imine (C=N–C) groups is 1. The summed E-state index contributed by atoms with van der Waals surface area (Å²) in [6, 6.07) is 8.51. The first-order valence-corrected chi connectivity index (χ1v) is 9.31. The summed E-state index contributed by atoms with van der Waals surface area (Å²) < 4.78 is 5.31. The van der Waals surface area contributed by atoms with E-state index in [2.05, 4.69) is 53.3 Å². The predicted octanol–water partition coefficient (Wildman–Crippen LogP) is 2.95. The van der Waals surface area contributed by atoms with Gasteiger partial charge in [0, 0.05) is 55.8 Å². The van der Waals surface area contributed by atoms with E-state index in [9.17, 15) is 0 Å². The summed E-state index contributed by atoms with van der Waals surface area (Å²) in [5.74, 6) is 1.66. The lowest BCUT2D eigenvalue weighted by Gasteiger charge is -2.21. The van der Waals surface area contributed by atoms with Crippen molar-refractivity contribution in [1.82, 2.24) is 15.2 Å². The number of rotatable bonds is 6. The van der Waals surface area contributed by atoms with E-state index >= 15 is 0 Å². The molecule has 5 heteroatoms. The molecule has 1 aromatic carbocycles. The first kappa shape index (κ1) is 17.8. The second-order valence-corrected chi connectivity index (χ2v) is 6.82. The molecule has 0 saturated carbocycles. The van der Waals surface area contributed by atoms with Gasteiger partial charge in [-0.1, -0.05) is 18.2 Å². The van der Waals surface area contributed by atoms with E-state index in [1.165, 1.54) is 28.6 Å². The lowest BCUT2D eigenvalue weighted by molar-refractivity contribution is 0.157. The molecule has 0 radical (unpaired) electrons. The van der Waals surface area contributed by atoms with Crippen LogP contribution in [0.5, 0.6) is 0 Å². The monoisotopic (exact) mass is 342 g/mol. The van der Waals surface area contributed by atoms with Crippen LogP contribution in [0.3, 0.4) is 0 Å². The number of hydrogen-bond acceptors (Lipinski definition) is 2. The Hall–Kier alpha value is -2.01. The number of methoxy groups -OCH3 is 1. The number of H-pyrrole nitrogens is 1. The maximum Gasteiger partial charge on any atom is 0.193 e. The van der Waals surface area contributed by atoms with Crippen molar-refractivity contribution in [3.05, 3.63) is 35.5 Å². The van der Waals surface area contributed by atoms with Crippen LogP contribution in [0.2, 0.25) is 0 Å². The van der Waals surface area contributed by atoms with Crippen LogP contribution in [-0.4, -0.2) is 55.7 Å². The highest BCUT2D eigenvalue weighted by atomic mass is 16.5. The number of aromatic amines is 1. The maximum absolute atomic E-state index is 5.31. The van der Waals surface area contributed by atoms with Gasteiger partial charge < -0.3 is 19.9 Å². The summed E-state index contributed by atoms with van der Waals surface area (Å²) in [7, 11) is 1.78. The normalized spacial score (nSPS) is 18.3. The predicted molar refractivity (Wildman–Crippen MR) is 104 cm³/mol. The van der Waals surface area contributed by atoms with Crippen LogP contribution < -0.4 is 5.32 Å². The Bertz CT molecular complexity index is 722. The van der Waals surface area contributed by atoms with E-state index in [-0.39, 0.29) is 0 Å². The largest absolute Gasteiger partial charge is 0.384 e. The first-order valence-electron chi connectivity index (χ1n) is 9.31. The highest BCUT2D eigenvalue weighted by molar-refractivity contribution is 5.84. The van der Waals surface area contributed by atoms with E-state index in [1.807, 2.05) is 0 Å². The molecule has 0 amide bonds. The number of nitrogens with zero attached hydrogens (tertiary/aromatic N) is 2. The van der Waals surface area contributed by atoms with E-state index in [1.54, 1.807) is 7.11 Å². The zero-order valence-electron chi connectivity index (χ0n) is 15.6. The van der Waals surface area contributed by atoms with Gasteiger partial charge in [0.05, 0.1) is 6.61 Å². The minimum atomic E-state index is 0.615. The van der Waals surface area contributed by atoms with Crippen molar-refractivity contribution < 1.29 is 4.74 Å². The standard InChI is InChI=1S/C20H30N4O/c1-4-21-20(24-12-10-16(13-24)14-25-3)22-11-9-17-15(2)23-19-8-6-5-7-18(17)19/h5-8,16,23H,4,9-14H2,1-3H3,(H,21,22). The number of hydrogen-bond donors (Lipinski definition) is 2. The van der Waals surface area contributed by atoms with Gasteiger partial charge in [-0.3, -0.25) is 4.99 Å². The summed E-state index contributed by atoms with van der Waals surface area (Å²) in [4.78, 5) is 10.7. The highest BCUT2D eigenvalue weighted by Gasteiger charge is 2.24. The summed E-state index contributed by atoms with van der Waals surface area (Å²) in [5.41, 5.74) is 3.85. The fourth-order valence-corrected chi connectivity index (χ4v) is 3.75. The molecule has 1 aliphatic heterocycles. The van der Waals surface area contributed by atoms with Crippen molar-refractivity contribution in [3.63, 3.8) is 0 Å². The zero-order chi connectivity index (χ0) is 17.6. The van der Waals surface area contributed by atoms with E-state index < -0.39 is 0 Å². The highest BCUT2D eigenvalue weighted by Crippen LogP contribution is 2.22. The molecule has 0 aliphatic carbocycles. The fraction of sp³-hybridized carbons (Fsp3) is 0.550. The molecular formula is C20H30N4O. The number of likely N-dealkylation sites (tertiary alicyclic amines) is 1. The fourth-order valence-electron chi connectivity index (χ4n) is 3.75. The lowest BCUT2D eigenvalue weighted by Crippen LogP contribution is -2.40. The maximum atomic E-state index is 5.31. The molecule has 2 N–H and O–H groups in total. The van der Waals surface area contributed by atoms with Gasteiger partial charge in [-0.15, -0.1) is 0 Å². The number of aromatic nitrogens is 1. The van der Waals surface area contributed by atoms with Crippen LogP contribution in [-0.2, 0) is 11.2 Å². The zero-order valence-corrected chi connectivity index (χ0v) is 15.6. The second kappa shape index (κ2) is 8.39. The number of aryl methyl sites for hydroxylation is 1. The number of guanidine groups is 1. The van der Waals surface area contributed by atoms with Crippen molar-refractivity contribution in [1.29, 1.82) is 0 Å². The first-order chi connectivity index (χ1) is 12.2. The molecular weight excluding hydrogens is 312 g/mol. The van der Waals surface area contributed by atoms with Gasteiger partial charge in [0.15, 0.2) is 5.96 Å². The lowest BCUT2D eigenvalue weighted by atomic mass is 10.1. The van der Waals surface area contributed by atoms with E-state index in [0.717, 1.165) is 45.2 Å². The van der Waals surface area contributed by atoms with E-state index in [0.29, 0.717) is 5.92 Å². The van der Waals surface area contributed by atoms with Crippen molar-refractivity contribution in [2.45, 2.75) is 26.7 Å².